The molecule has 2 aromatic carbocycles. The van der Waals surface area contributed by atoms with Crippen molar-refractivity contribution in [2.45, 2.75) is 25.7 Å². The summed E-state index contributed by atoms with van der Waals surface area (Å²) in [5, 5.41) is 5.22. The van der Waals surface area contributed by atoms with E-state index in [1.165, 1.54) is 31.2 Å². The Balaban J connectivity index is 1.98. The molecule has 0 atom stereocenters. The maximum Gasteiger partial charge on any atom is 0.241 e. The number of amides is 2. The number of carbonyl (C=O) groups is 2. The molecule has 138 valence electrons. The van der Waals surface area contributed by atoms with E-state index in [0.29, 0.717) is 11.4 Å². The van der Waals surface area contributed by atoms with Gasteiger partial charge in [0.05, 0.1) is 11.4 Å². The fraction of sp³-hybridized carbons (Fsp3) is 0.222. The predicted octanol–water partition coefficient (Wildman–Crippen LogP) is 2.18. The van der Waals surface area contributed by atoms with Crippen LogP contribution in [0.2, 0.25) is 0 Å². The van der Waals surface area contributed by atoms with Gasteiger partial charge in [0.2, 0.25) is 21.8 Å². The van der Waals surface area contributed by atoms with Gasteiger partial charge in [-0.1, -0.05) is 6.07 Å². The van der Waals surface area contributed by atoms with Crippen LogP contribution in [0.15, 0.2) is 47.4 Å². The zero-order valence-corrected chi connectivity index (χ0v) is 15.6. The Morgan fingerprint density at radius 1 is 0.885 bits per heavy atom. The van der Waals surface area contributed by atoms with E-state index in [-0.39, 0.29) is 17.3 Å². The number of sulfonamides is 1. The van der Waals surface area contributed by atoms with Crippen molar-refractivity contribution in [2.75, 3.05) is 17.2 Å². The quantitative estimate of drug-likeness (QED) is 0.720. The minimum atomic E-state index is -3.83. The number of hydrogen-bond donors (Lipinski definition) is 3. The Labute approximate surface area is 152 Å². The van der Waals surface area contributed by atoms with Gasteiger partial charge in [0.15, 0.2) is 0 Å². The Kier molecular flexibility index (Phi) is 6.12. The lowest BCUT2D eigenvalue weighted by atomic mass is 10.1. The van der Waals surface area contributed by atoms with Gasteiger partial charge in [-0.05, 0) is 61.4 Å². The second kappa shape index (κ2) is 8.11. The number of nitrogens with one attached hydrogen (secondary N) is 3. The molecule has 8 heteroatoms. The molecule has 0 aromatic heterocycles. The zero-order chi connectivity index (χ0) is 19.3. The average Bonchev–Trinajstić information content (AvgIpc) is 2.52. The van der Waals surface area contributed by atoms with Crippen LogP contribution >= 0.6 is 0 Å². The van der Waals surface area contributed by atoms with E-state index < -0.39 is 15.9 Å². The molecule has 0 spiro atoms. The van der Waals surface area contributed by atoms with Crippen molar-refractivity contribution in [3.63, 3.8) is 0 Å². The topological polar surface area (TPSA) is 104 Å². The average molecular weight is 375 g/mol. The molecule has 0 radical (unpaired) electrons. The molecule has 0 aliphatic carbocycles. The van der Waals surface area contributed by atoms with Crippen molar-refractivity contribution in [2.24, 2.45) is 0 Å². The fourth-order valence-electron chi connectivity index (χ4n) is 2.42. The van der Waals surface area contributed by atoms with Crippen molar-refractivity contribution in [1.29, 1.82) is 0 Å². The summed E-state index contributed by atoms with van der Waals surface area (Å²) in [5.74, 6) is -0.713. The molecule has 7 nitrogen and oxygen atoms in total. The van der Waals surface area contributed by atoms with E-state index in [2.05, 4.69) is 15.4 Å². The number of anilines is 2. The lowest BCUT2D eigenvalue weighted by Gasteiger charge is -2.10. The van der Waals surface area contributed by atoms with Gasteiger partial charge in [-0.25, -0.2) is 13.1 Å². The van der Waals surface area contributed by atoms with Gasteiger partial charge in [-0.2, -0.15) is 0 Å². The predicted molar refractivity (Wildman–Crippen MR) is 100 cm³/mol. The maximum absolute atomic E-state index is 12.3. The number of hydrogen-bond acceptors (Lipinski definition) is 4. The van der Waals surface area contributed by atoms with Crippen LogP contribution in [0.1, 0.15) is 18.1 Å². The lowest BCUT2D eigenvalue weighted by Crippen LogP contribution is -2.32. The molecule has 0 aliphatic heterocycles. The summed E-state index contributed by atoms with van der Waals surface area (Å²) in [6.45, 7) is 4.80. The molecular weight excluding hydrogens is 354 g/mol. The van der Waals surface area contributed by atoms with Crippen molar-refractivity contribution in [3.8, 4) is 0 Å². The van der Waals surface area contributed by atoms with E-state index >= 15 is 0 Å². The first-order valence-corrected chi connectivity index (χ1v) is 9.39. The summed E-state index contributed by atoms with van der Waals surface area (Å²) >= 11 is 0. The molecule has 0 heterocycles. The molecule has 0 saturated carbocycles. The number of aryl methyl sites for hydroxylation is 2. The van der Waals surface area contributed by atoms with Crippen LogP contribution in [0.3, 0.4) is 0 Å². The van der Waals surface area contributed by atoms with Crippen LogP contribution in [0.4, 0.5) is 11.4 Å². The summed E-state index contributed by atoms with van der Waals surface area (Å²) in [5.41, 5.74) is 3.11. The third-order valence-corrected chi connectivity index (χ3v) is 4.83. The Morgan fingerprint density at radius 2 is 1.46 bits per heavy atom. The molecule has 2 rings (SSSR count). The van der Waals surface area contributed by atoms with Crippen LogP contribution in [-0.2, 0) is 19.6 Å². The first-order valence-electron chi connectivity index (χ1n) is 7.91. The molecule has 3 N–H and O–H groups in total. The summed E-state index contributed by atoms with van der Waals surface area (Å²) in [6.07, 6.45) is 0. The highest BCUT2D eigenvalue weighted by atomic mass is 32.2. The number of benzene rings is 2. The SMILES string of the molecule is CC(=O)Nc1ccc(S(=O)(=O)NCC(=O)Nc2cc(C)cc(C)c2)cc1. The first kappa shape index (κ1) is 19.6. The Morgan fingerprint density at radius 3 is 2.00 bits per heavy atom. The van der Waals surface area contributed by atoms with Gasteiger partial charge in [0, 0.05) is 18.3 Å². The standard InChI is InChI=1S/C18H21N3O4S/c1-12-8-13(2)10-16(9-12)21-18(23)11-19-26(24,25)17-6-4-15(5-7-17)20-14(3)22/h4-10,19H,11H2,1-3H3,(H,20,22)(H,21,23). The smallest absolute Gasteiger partial charge is 0.241 e. The molecule has 0 bridgehead atoms. The number of carbonyl (C=O) groups excluding carboxylic acids is 2. The van der Waals surface area contributed by atoms with Gasteiger partial charge < -0.3 is 10.6 Å². The van der Waals surface area contributed by atoms with Crippen molar-refractivity contribution in [1.82, 2.24) is 4.72 Å². The minimum absolute atomic E-state index is 0.00537. The Hall–Kier alpha value is -2.71. The van der Waals surface area contributed by atoms with Crippen molar-refractivity contribution < 1.29 is 18.0 Å². The zero-order valence-electron chi connectivity index (χ0n) is 14.8. The maximum atomic E-state index is 12.3. The monoisotopic (exact) mass is 375 g/mol. The minimum Gasteiger partial charge on any atom is -0.326 e. The Bertz CT molecular complexity index is 902. The molecule has 0 saturated heterocycles. The summed E-state index contributed by atoms with van der Waals surface area (Å²) < 4.78 is 26.8. The van der Waals surface area contributed by atoms with E-state index in [1.807, 2.05) is 19.9 Å². The third-order valence-electron chi connectivity index (χ3n) is 3.41. The molecule has 0 fully saturated rings. The molecule has 0 aliphatic rings. The largest absolute Gasteiger partial charge is 0.326 e. The van der Waals surface area contributed by atoms with E-state index in [0.717, 1.165) is 11.1 Å². The second-order valence-electron chi connectivity index (χ2n) is 5.95. The molecule has 0 unspecified atom stereocenters. The van der Waals surface area contributed by atoms with Gasteiger partial charge in [-0.15, -0.1) is 0 Å². The summed E-state index contributed by atoms with van der Waals surface area (Å²) in [7, 11) is -3.83. The van der Waals surface area contributed by atoms with Crippen molar-refractivity contribution in [3.05, 3.63) is 53.6 Å². The first-order chi connectivity index (χ1) is 12.2. The van der Waals surface area contributed by atoms with Crippen molar-refractivity contribution >= 4 is 33.2 Å². The van der Waals surface area contributed by atoms with Crippen LogP contribution < -0.4 is 15.4 Å². The molecular formula is C18H21N3O4S. The normalized spacial score (nSPS) is 11.0. The summed E-state index contributed by atoms with van der Waals surface area (Å²) in [6, 6.07) is 11.3. The number of rotatable bonds is 6. The van der Waals surface area contributed by atoms with Crippen LogP contribution in [-0.4, -0.2) is 26.8 Å². The van der Waals surface area contributed by atoms with E-state index in [1.54, 1.807) is 12.1 Å². The summed E-state index contributed by atoms with van der Waals surface area (Å²) in [4.78, 5) is 23.0. The van der Waals surface area contributed by atoms with Gasteiger partial charge in [0.25, 0.3) is 0 Å². The van der Waals surface area contributed by atoms with Gasteiger partial charge in [0.1, 0.15) is 0 Å². The lowest BCUT2D eigenvalue weighted by molar-refractivity contribution is -0.115. The highest BCUT2D eigenvalue weighted by Gasteiger charge is 2.15. The highest BCUT2D eigenvalue weighted by Crippen LogP contribution is 2.15. The van der Waals surface area contributed by atoms with E-state index in [4.69, 9.17) is 0 Å². The van der Waals surface area contributed by atoms with Gasteiger partial charge in [-0.3, -0.25) is 9.59 Å². The molecule has 2 amide bonds. The molecule has 26 heavy (non-hydrogen) atoms. The van der Waals surface area contributed by atoms with Crippen LogP contribution in [0.25, 0.3) is 0 Å². The highest BCUT2D eigenvalue weighted by molar-refractivity contribution is 7.89. The van der Waals surface area contributed by atoms with E-state index in [9.17, 15) is 18.0 Å². The third kappa shape index (κ3) is 5.68. The second-order valence-corrected chi connectivity index (χ2v) is 7.72. The molecule has 2 aromatic rings. The van der Waals surface area contributed by atoms with Crippen LogP contribution in [0, 0.1) is 13.8 Å². The van der Waals surface area contributed by atoms with Gasteiger partial charge >= 0.3 is 0 Å². The fourth-order valence-corrected chi connectivity index (χ4v) is 3.40. The van der Waals surface area contributed by atoms with Crippen LogP contribution in [0.5, 0.6) is 0 Å².